The number of aromatic nitrogens is 1. The van der Waals surface area contributed by atoms with Crippen molar-refractivity contribution in [2.45, 2.75) is 26.3 Å². The standard InChI is InChI=1S/C15H16FN3O2S/c1-9(20)19-15(2,3)13(21)18-14-17-12(8-22-14)10-4-6-11(16)7-5-10/h4-8H,1-3H3,(H,19,20)(H,17,18,21). The van der Waals surface area contributed by atoms with E-state index < -0.39 is 5.54 Å². The Morgan fingerprint density at radius 3 is 2.45 bits per heavy atom. The zero-order valence-electron chi connectivity index (χ0n) is 12.4. The van der Waals surface area contributed by atoms with Crippen LogP contribution in [0.4, 0.5) is 9.52 Å². The molecular formula is C15H16FN3O2S. The van der Waals surface area contributed by atoms with Crippen LogP contribution in [-0.4, -0.2) is 22.3 Å². The van der Waals surface area contributed by atoms with Crippen molar-refractivity contribution in [2.24, 2.45) is 0 Å². The summed E-state index contributed by atoms with van der Waals surface area (Å²) in [5.41, 5.74) is 0.380. The highest BCUT2D eigenvalue weighted by atomic mass is 32.1. The molecule has 0 saturated carbocycles. The van der Waals surface area contributed by atoms with Gasteiger partial charge < -0.3 is 5.32 Å². The Morgan fingerprint density at radius 2 is 1.86 bits per heavy atom. The van der Waals surface area contributed by atoms with Gasteiger partial charge in [0.05, 0.1) is 5.69 Å². The maximum atomic E-state index is 12.9. The molecule has 0 unspecified atom stereocenters. The van der Waals surface area contributed by atoms with Crippen LogP contribution in [0.3, 0.4) is 0 Å². The maximum Gasteiger partial charge on any atom is 0.251 e. The number of benzene rings is 1. The molecule has 1 aromatic carbocycles. The molecule has 5 nitrogen and oxygen atoms in total. The first kappa shape index (κ1) is 16.1. The molecule has 2 rings (SSSR count). The Labute approximate surface area is 131 Å². The number of amides is 2. The second kappa shape index (κ2) is 6.23. The van der Waals surface area contributed by atoms with Gasteiger partial charge in [-0.05, 0) is 38.1 Å². The summed E-state index contributed by atoms with van der Waals surface area (Å²) in [5, 5.41) is 7.43. The van der Waals surface area contributed by atoms with Gasteiger partial charge in [-0.2, -0.15) is 0 Å². The van der Waals surface area contributed by atoms with E-state index in [4.69, 9.17) is 0 Å². The van der Waals surface area contributed by atoms with E-state index in [0.717, 1.165) is 5.56 Å². The van der Waals surface area contributed by atoms with E-state index in [1.807, 2.05) is 0 Å². The monoisotopic (exact) mass is 321 g/mol. The molecule has 0 aliphatic heterocycles. The highest BCUT2D eigenvalue weighted by Crippen LogP contribution is 2.25. The van der Waals surface area contributed by atoms with E-state index >= 15 is 0 Å². The number of hydrogen-bond acceptors (Lipinski definition) is 4. The SMILES string of the molecule is CC(=O)NC(C)(C)C(=O)Nc1nc(-c2ccc(F)cc2)cs1. The minimum absolute atomic E-state index is 0.286. The summed E-state index contributed by atoms with van der Waals surface area (Å²) < 4.78 is 12.9. The van der Waals surface area contributed by atoms with Crippen LogP contribution in [0.25, 0.3) is 11.3 Å². The summed E-state index contributed by atoms with van der Waals surface area (Å²) in [7, 11) is 0. The smallest absolute Gasteiger partial charge is 0.251 e. The van der Waals surface area contributed by atoms with Crippen molar-refractivity contribution in [1.82, 2.24) is 10.3 Å². The molecule has 116 valence electrons. The zero-order chi connectivity index (χ0) is 16.3. The molecule has 0 bridgehead atoms. The average molecular weight is 321 g/mol. The number of nitrogens with zero attached hydrogens (tertiary/aromatic N) is 1. The van der Waals surface area contributed by atoms with Gasteiger partial charge in [0.15, 0.2) is 5.13 Å². The van der Waals surface area contributed by atoms with Crippen molar-refractivity contribution in [2.75, 3.05) is 5.32 Å². The first-order valence-corrected chi connectivity index (χ1v) is 7.47. The molecule has 7 heteroatoms. The van der Waals surface area contributed by atoms with Crippen molar-refractivity contribution in [1.29, 1.82) is 0 Å². The molecule has 0 saturated heterocycles. The topological polar surface area (TPSA) is 71.1 Å². The lowest BCUT2D eigenvalue weighted by Gasteiger charge is -2.23. The van der Waals surface area contributed by atoms with Crippen molar-refractivity contribution in [3.8, 4) is 11.3 Å². The molecule has 0 aliphatic carbocycles. The minimum atomic E-state index is -1.03. The molecule has 0 aliphatic rings. The number of carbonyl (C=O) groups excluding carboxylic acids is 2. The third kappa shape index (κ3) is 3.88. The quantitative estimate of drug-likeness (QED) is 0.909. The van der Waals surface area contributed by atoms with Gasteiger partial charge in [0.25, 0.3) is 5.91 Å². The van der Waals surface area contributed by atoms with Crippen LogP contribution in [0.2, 0.25) is 0 Å². The van der Waals surface area contributed by atoms with Crippen LogP contribution in [0.15, 0.2) is 29.6 Å². The average Bonchev–Trinajstić information content (AvgIpc) is 2.86. The lowest BCUT2D eigenvalue weighted by molar-refractivity contribution is -0.128. The van der Waals surface area contributed by atoms with Gasteiger partial charge in [0, 0.05) is 17.9 Å². The van der Waals surface area contributed by atoms with Crippen LogP contribution in [0.5, 0.6) is 0 Å². The highest BCUT2D eigenvalue weighted by molar-refractivity contribution is 7.14. The van der Waals surface area contributed by atoms with E-state index in [2.05, 4.69) is 15.6 Å². The van der Waals surface area contributed by atoms with Gasteiger partial charge in [-0.15, -0.1) is 11.3 Å². The molecule has 2 N–H and O–H groups in total. The highest BCUT2D eigenvalue weighted by Gasteiger charge is 2.29. The number of anilines is 1. The van der Waals surface area contributed by atoms with Crippen molar-refractivity contribution < 1.29 is 14.0 Å². The van der Waals surface area contributed by atoms with Gasteiger partial charge in [0.2, 0.25) is 5.91 Å². The van der Waals surface area contributed by atoms with Gasteiger partial charge in [0.1, 0.15) is 11.4 Å². The number of halogens is 1. The van der Waals surface area contributed by atoms with Crippen LogP contribution in [0, 0.1) is 5.82 Å². The largest absolute Gasteiger partial charge is 0.342 e. The molecular weight excluding hydrogens is 305 g/mol. The number of rotatable bonds is 4. The summed E-state index contributed by atoms with van der Waals surface area (Å²) in [4.78, 5) is 27.5. The fraction of sp³-hybridized carbons (Fsp3) is 0.267. The third-order valence-corrected chi connectivity index (χ3v) is 3.68. The van der Waals surface area contributed by atoms with Gasteiger partial charge in [-0.3, -0.25) is 14.9 Å². The first-order valence-electron chi connectivity index (χ1n) is 6.59. The lowest BCUT2D eigenvalue weighted by atomic mass is 10.1. The molecule has 0 spiro atoms. The lowest BCUT2D eigenvalue weighted by Crippen LogP contribution is -2.51. The number of hydrogen-bond donors (Lipinski definition) is 2. The fourth-order valence-electron chi connectivity index (χ4n) is 1.83. The van der Waals surface area contributed by atoms with Gasteiger partial charge >= 0.3 is 0 Å². The predicted molar refractivity (Wildman–Crippen MR) is 84.0 cm³/mol. The van der Waals surface area contributed by atoms with E-state index in [9.17, 15) is 14.0 Å². The van der Waals surface area contributed by atoms with Crippen molar-refractivity contribution in [3.63, 3.8) is 0 Å². The fourth-order valence-corrected chi connectivity index (χ4v) is 2.55. The molecule has 0 atom stereocenters. The summed E-state index contributed by atoms with van der Waals surface area (Å²) >= 11 is 1.26. The van der Waals surface area contributed by atoms with Crippen LogP contribution < -0.4 is 10.6 Å². The Bertz CT molecular complexity index is 695. The number of thiazole rings is 1. The Hall–Kier alpha value is -2.28. The molecule has 22 heavy (non-hydrogen) atoms. The molecule has 2 aromatic rings. The zero-order valence-corrected chi connectivity index (χ0v) is 13.3. The summed E-state index contributed by atoms with van der Waals surface area (Å²) in [5.74, 6) is -0.960. The summed E-state index contributed by atoms with van der Waals surface area (Å²) in [6.45, 7) is 4.57. The van der Waals surface area contributed by atoms with E-state index in [0.29, 0.717) is 10.8 Å². The Balaban J connectivity index is 2.10. The molecule has 0 radical (unpaired) electrons. The second-order valence-corrected chi connectivity index (χ2v) is 6.16. The normalized spacial score (nSPS) is 11.1. The van der Waals surface area contributed by atoms with E-state index in [1.54, 1.807) is 31.4 Å². The van der Waals surface area contributed by atoms with E-state index in [-0.39, 0.29) is 17.6 Å². The van der Waals surface area contributed by atoms with Crippen LogP contribution in [0.1, 0.15) is 20.8 Å². The van der Waals surface area contributed by atoms with Gasteiger partial charge in [-0.1, -0.05) is 0 Å². The van der Waals surface area contributed by atoms with Crippen LogP contribution in [-0.2, 0) is 9.59 Å². The van der Waals surface area contributed by atoms with Gasteiger partial charge in [-0.25, -0.2) is 9.37 Å². The summed E-state index contributed by atoms with van der Waals surface area (Å²) in [6, 6.07) is 5.95. The molecule has 2 amide bonds. The molecule has 1 heterocycles. The number of carbonyl (C=O) groups is 2. The van der Waals surface area contributed by atoms with Crippen molar-refractivity contribution in [3.05, 3.63) is 35.5 Å². The third-order valence-electron chi connectivity index (χ3n) is 2.92. The van der Waals surface area contributed by atoms with Crippen molar-refractivity contribution >= 4 is 28.3 Å². The minimum Gasteiger partial charge on any atom is -0.342 e. The number of nitrogens with one attached hydrogen (secondary N) is 2. The van der Waals surface area contributed by atoms with Crippen LogP contribution >= 0.6 is 11.3 Å². The Morgan fingerprint density at radius 1 is 1.23 bits per heavy atom. The first-order chi connectivity index (χ1) is 10.3. The molecule has 0 fully saturated rings. The second-order valence-electron chi connectivity index (χ2n) is 5.31. The predicted octanol–water partition coefficient (Wildman–Crippen LogP) is 2.80. The Kier molecular flexibility index (Phi) is 4.56. The molecule has 1 aromatic heterocycles. The van der Waals surface area contributed by atoms with E-state index in [1.165, 1.54) is 30.4 Å². The summed E-state index contributed by atoms with van der Waals surface area (Å²) in [6.07, 6.45) is 0. The maximum absolute atomic E-state index is 12.9.